The second-order valence-corrected chi connectivity index (χ2v) is 6.49. The van der Waals surface area contributed by atoms with Gasteiger partial charge >= 0.3 is 0 Å². The van der Waals surface area contributed by atoms with Crippen LogP contribution in [0.25, 0.3) is 0 Å². The van der Waals surface area contributed by atoms with Gasteiger partial charge in [0.05, 0.1) is 4.90 Å². The summed E-state index contributed by atoms with van der Waals surface area (Å²) in [6, 6.07) is 5.15. The fraction of sp³-hybridized carbons (Fsp3) is 0.400. The van der Waals surface area contributed by atoms with E-state index in [1.807, 2.05) is 13.0 Å². The van der Waals surface area contributed by atoms with Crippen molar-refractivity contribution in [3.8, 4) is 0 Å². The highest BCUT2D eigenvalue weighted by molar-refractivity contribution is 9.10. The molecule has 0 amide bonds. The molecule has 2 N–H and O–H groups in total. The molecular formula is C10H14BrNO2S. The van der Waals surface area contributed by atoms with Crippen molar-refractivity contribution in [2.75, 3.05) is 12.8 Å². The molecule has 1 aromatic carbocycles. The third kappa shape index (κ3) is 3.03. The molecule has 5 heteroatoms. The van der Waals surface area contributed by atoms with Gasteiger partial charge in [-0.2, -0.15) is 0 Å². The predicted octanol–water partition coefficient (Wildman–Crippen LogP) is 1.91. The van der Waals surface area contributed by atoms with Crippen LogP contribution in [0.2, 0.25) is 0 Å². The van der Waals surface area contributed by atoms with E-state index in [2.05, 4.69) is 15.9 Å². The average molecular weight is 292 g/mol. The smallest absolute Gasteiger partial charge is 0.175 e. The Morgan fingerprint density at radius 1 is 1.47 bits per heavy atom. The van der Waals surface area contributed by atoms with E-state index in [1.165, 1.54) is 6.26 Å². The topological polar surface area (TPSA) is 60.2 Å². The van der Waals surface area contributed by atoms with Crippen molar-refractivity contribution in [3.63, 3.8) is 0 Å². The number of sulfone groups is 1. The van der Waals surface area contributed by atoms with Crippen molar-refractivity contribution < 1.29 is 8.42 Å². The maximum atomic E-state index is 11.5. The van der Waals surface area contributed by atoms with E-state index in [9.17, 15) is 8.42 Å². The van der Waals surface area contributed by atoms with Crippen LogP contribution in [0.1, 0.15) is 18.4 Å². The molecule has 1 aromatic rings. The molecule has 3 nitrogen and oxygen atoms in total. The van der Waals surface area contributed by atoms with Crippen molar-refractivity contribution in [1.82, 2.24) is 0 Å². The molecule has 0 aliphatic rings. The van der Waals surface area contributed by atoms with Crippen LogP contribution < -0.4 is 5.73 Å². The van der Waals surface area contributed by atoms with Crippen LogP contribution in [0.4, 0.5) is 0 Å². The van der Waals surface area contributed by atoms with Gasteiger partial charge in [0.15, 0.2) is 9.84 Å². The Hall–Kier alpha value is -0.390. The van der Waals surface area contributed by atoms with Crippen LogP contribution in [0, 0.1) is 0 Å². The highest BCUT2D eigenvalue weighted by Crippen LogP contribution is 2.26. The highest BCUT2D eigenvalue weighted by atomic mass is 79.9. The average Bonchev–Trinajstić information content (AvgIpc) is 2.14. The summed E-state index contributed by atoms with van der Waals surface area (Å²) >= 11 is 3.32. The minimum Gasteiger partial charge on any atom is -0.330 e. The Bertz CT molecular complexity index is 456. The van der Waals surface area contributed by atoms with Gasteiger partial charge in [0.25, 0.3) is 0 Å². The van der Waals surface area contributed by atoms with E-state index in [4.69, 9.17) is 5.73 Å². The van der Waals surface area contributed by atoms with Gasteiger partial charge < -0.3 is 5.73 Å². The molecule has 84 valence electrons. The molecule has 0 aliphatic carbocycles. The third-order valence-corrected chi connectivity index (χ3v) is 3.92. The lowest BCUT2D eigenvalue weighted by molar-refractivity contribution is 0.599. The highest BCUT2D eigenvalue weighted by Gasteiger charge is 2.17. The van der Waals surface area contributed by atoms with Crippen molar-refractivity contribution in [2.45, 2.75) is 17.7 Å². The van der Waals surface area contributed by atoms with Gasteiger partial charge in [-0.15, -0.1) is 0 Å². The first-order valence-electron chi connectivity index (χ1n) is 4.56. The number of hydrogen-bond donors (Lipinski definition) is 1. The van der Waals surface area contributed by atoms with Gasteiger partial charge in [0, 0.05) is 10.7 Å². The lowest BCUT2D eigenvalue weighted by atomic mass is 10.0. The number of nitrogens with two attached hydrogens (primary N) is 1. The first-order chi connectivity index (χ1) is 6.86. The Morgan fingerprint density at radius 2 is 2.07 bits per heavy atom. The summed E-state index contributed by atoms with van der Waals surface area (Å²) in [5, 5.41) is 0. The summed E-state index contributed by atoms with van der Waals surface area (Å²) in [7, 11) is -3.18. The lowest BCUT2D eigenvalue weighted by Crippen LogP contribution is -2.13. The molecule has 0 aromatic heterocycles. The second kappa shape index (κ2) is 4.63. The summed E-state index contributed by atoms with van der Waals surface area (Å²) in [6.07, 6.45) is 1.21. The van der Waals surface area contributed by atoms with Gasteiger partial charge in [-0.05, 0) is 36.2 Å². The van der Waals surface area contributed by atoms with Gasteiger partial charge in [-0.3, -0.25) is 0 Å². The summed E-state index contributed by atoms with van der Waals surface area (Å²) in [5.41, 5.74) is 6.33. The quantitative estimate of drug-likeness (QED) is 0.925. The third-order valence-electron chi connectivity index (χ3n) is 2.26. The molecule has 0 bridgehead atoms. The van der Waals surface area contributed by atoms with Crippen LogP contribution in [0.15, 0.2) is 27.6 Å². The van der Waals surface area contributed by atoms with Crippen LogP contribution in [-0.2, 0) is 9.84 Å². The maximum Gasteiger partial charge on any atom is 0.175 e. The van der Waals surface area contributed by atoms with Crippen LogP contribution in [0.5, 0.6) is 0 Å². The molecule has 0 aliphatic heterocycles. The van der Waals surface area contributed by atoms with E-state index in [0.29, 0.717) is 11.4 Å². The molecule has 0 saturated heterocycles. The van der Waals surface area contributed by atoms with Crippen LogP contribution in [0.3, 0.4) is 0 Å². The summed E-state index contributed by atoms with van der Waals surface area (Å²) in [6.45, 7) is 2.34. The number of hydrogen-bond acceptors (Lipinski definition) is 3. The van der Waals surface area contributed by atoms with Crippen molar-refractivity contribution in [1.29, 1.82) is 0 Å². The van der Waals surface area contributed by atoms with E-state index in [-0.39, 0.29) is 5.92 Å². The van der Waals surface area contributed by atoms with Gasteiger partial charge in [-0.1, -0.05) is 22.9 Å². The largest absolute Gasteiger partial charge is 0.330 e. The Kier molecular flexibility index (Phi) is 3.92. The van der Waals surface area contributed by atoms with Crippen molar-refractivity contribution in [2.24, 2.45) is 5.73 Å². The summed E-state index contributed by atoms with van der Waals surface area (Å²) < 4.78 is 23.9. The molecule has 0 fully saturated rings. The van der Waals surface area contributed by atoms with Gasteiger partial charge in [-0.25, -0.2) is 8.42 Å². The monoisotopic (exact) mass is 291 g/mol. The summed E-state index contributed by atoms with van der Waals surface area (Å²) in [5.74, 6) is 0.0345. The maximum absolute atomic E-state index is 11.5. The van der Waals surface area contributed by atoms with E-state index >= 15 is 0 Å². The molecule has 0 heterocycles. The Morgan fingerprint density at radius 3 is 2.53 bits per heavy atom. The molecule has 1 atom stereocenters. The fourth-order valence-electron chi connectivity index (χ4n) is 1.37. The molecule has 0 saturated carbocycles. The number of halogens is 1. The molecule has 0 radical (unpaired) electrons. The van der Waals surface area contributed by atoms with Crippen LogP contribution in [-0.4, -0.2) is 21.2 Å². The molecule has 0 spiro atoms. The van der Waals surface area contributed by atoms with E-state index < -0.39 is 9.84 Å². The normalized spacial score (nSPS) is 13.9. The minimum absolute atomic E-state index is 0.0345. The van der Waals surface area contributed by atoms with Crippen molar-refractivity contribution in [3.05, 3.63) is 28.2 Å². The second-order valence-electron chi connectivity index (χ2n) is 3.59. The molecular weight excluding hydrogens is 278 g/mol. The van der Waals surface area contributed by atoms with Crippen LogP contribution >= 0.6 is 15.9 Å². The predicted molar refractivity (Wildman–Crippen MR) is 64.7 cm³/mol. The van der Waals surface area contributed by atoms with Gasteiger partial charge in [0.1, 0.15) is 0 Å². The van der Waals surface area contributed by atoms with E-state index in [1.54, 1.807) is 12.1 Å². The van der Waals surface area contributed by atoms with Crippen molar-refractivity contribution >= 4 is 25.8 Å². The molecule has 1 rings (SSSR count). The van der Waals surface area contributed by atoms with E-state index in [0.717, 1.165) is 10.0 Å². The summed E-state index contributed by atoms with van der Waals surface area (Å²) in [4.78, 5) is 0.364. The zero-order chi connectivity index (χ0) is 11.6. The Labute approximate surface area is 98.7 Å². The molecule has 1 unspecified atom stereocenters. The number of rotatable bonds is 3. The lowest BCUT2D eigenvalue weighted by Gasteiger charge is -2.13. The SMILES string of the molecule is CC(CN)c1cc(Br)ccc1S(C)(=O)=O. The Balaban J connectivity index is 3.40. The zero-order valence-electron chi connectivity index (χ0n) is 8.70. The minimum atomic E-state index is -3.18. The van der Waals surface area contributed by atoms with Gasteiger partial charge in [0.2, 0.25) is 0 Å². The number of benzene rings is 1. The zero-order valence-corrected chi connectivity index (χ0v) is 11.1. The standard InChI is InChI=1S/C10H14BrNO2S/c1-7(6-12)9-5-8(11)3-4-10(9)15(2,13)14/h3-5,7H,6,12H2,1-2H3. The fourth-order valence-corrected chi connectivity index (χ4v) is 2.75. The molecule has 15 heavy (non-hydrogen) atoms. The first kappa shape index (κ1) is 12.7. The first-order valence-corrected chi connectivity index (χ1v) is 7.24.